The summed E-state index contributed by atoms with van der Waals surface area (Å²) in [7, 11) is 0. The number of carbonyl (C=O) groups is 1. The van der Waals surface area contributed by atoms with Crippen molar-refractivity contribution in [1.29, 1.82) is 0 Å². The Hall–Kier alpha value is -2.28. The van der Waals surface area contributed by atoms with Crippen molar-refractivity contribution in [2.45, 2.75) is 11.7 Å². The molecule has 0 aliphatic heterocycles. The molecule has 0 aliphatic rings. The molecule has 3 N–H and O–H groups in total. The van der Waals surface area contributed by atoms with Crippen LogP contribution in [0.3, 0.4) is 0 Å². The fourth-order valence-electron chi connectivity index (χ4n) is 1.56. The molecule has 2 aromatic rings. The van der Waals surface area contributed by atoms with E-state index in [0.717, 1.165) is 5.69 Å². The maximum atomic E-state index is 11.8. The van der Waals surface area contributed by atoms with Gasteiger partial charge in [0.2, 0.25) is 11.9 Å². The summed E-state index contributed by atoms with van der Waals surface area (Å²) in [4.78, 5) is 11.8. The highest BCUT2D eigenvalue weighted by Gasteiger charge is 2.11. The van der Waals surface area contributed by atoms with Crippen LogP contribution in [0.15, 0.2) is 48.1 Å². The predicted octanol–water partition coefficient (Wildman–Crippen LogP) is 1.78. The number of rotatable bonds is 6. The number of hydrogen-bond donors (Lipinski definition) is 2. The lowest BCUT2D eigenvalue weighted by molar-refractivity contribution is -0.113. The molecule has 1 heterocycles. The molecule has 2 rings (SSSR count). The zero-order valence-electron chi connectivity index (χ0n) is 10.8. The first-order valence-electron chi connectivity index (χ1n) is 5.98. The number of nitrogen functional groups attached to an aromatic ring is 1. The molecule has 104 valence electrons. The van der Waals surface area contributed by atoms with Crippen molar-refractivity contribution in [2.24, 2.45) is 0 Å². The van der Waals surface area contributed by atoms with Gasteiger partial charge in [-0.25, -0.2) is 0 Å². The molecule has 1 aromatic carbocycles. The van der Waals surface area contributed by atoms with Gasteiger partial charge in [0.25, 0.3) is 0 Å². The van der Waals surface area contributed by atoms with Gasteiger partial charge in [-0.05, 0) is 12.1 Å². The van der Waals surface area contributed by atoms with Crippen molar-refractivity contribution in [2.75, 3.05) is 16.8 Å². The van der Waals surface area contributed by atoms with Gasteiger partial charge < -0.3 is 11.1 Å². The third kappa shape index (κ3) is 3.61. The minimum Gasteiger partial charge on any atom is -0.368 e. The number of anilines is 2. The van der Waals surface area contributed by atoms with Crippen LogP contribution in [0.1, 0.15) is 0 Å². The number of allylic oxidation sites excluding steroid dienone is 1. The van der Waals surface area contributed by atoms with E-state index < -0.39 is 0 Å². The summed E-state index contributed by atoms with van der Waals surface area (Å²) in [5.41, 5.74) is 6.45. The number of nitrogens with two attached hydrogens (primary N) is 1. The standard InChI is InChI=1S/C13H15N5OS/c1-2-8-18-12(14)16-17-13(18)20-9-11(19)15-10-6-4-3-5-7-10/h2-7H,1,8-9H2,(H2,14,16)(H,15,19). The molecule has 0 unspecified atom stereocenters. The molecule has 6 nitrogen and oxygen atoms in total. The van der Waals surface area contributed by atoms with Gasteiger partial charge in [0.1, 0.15) is 0 Å². The first kappa shape index (κ1) is 14.1. The van der Waals surface area contributed by atoms with Gasteiger partial charge in [-0.15, -0.1) is 16.8 Å². The lowest BCUT2D eigenvalue weighted by atomic mass is 10.3. The van der Waals surface area contributed by atoms with Crippen LogP contribution in [-0.2, 0) is 11.3 Å². The highest BCUT2D eigenvalue weighted by Crippen LogP contribution is 2.18. The van der Waals surface area contributed by atoms with Crippen LogP contribution in [0.4, 0.5) is 11.6 Å². The molecule has 1 aromatic heterocycles. The second kappa shape index (κ2) is 6.76. The summed E-state index contributed by atoms with van der Waals surface area (Å²) < 4.78 is 1.70. The summed E-state index contributed by atoms with van der Waals surface area (Å²) in [5, 5.41) is 11.1. The van der Waals surface area contributed by atoms with Gasteiger partial charge >= 0.3 is 0 Å². The molecular weight excluding hydrogens is 274 g/mol. The predicted molar refractivity (Wildman–Crippen MR) is 80.4 cm³/mol. The topological polar surface area (TPSA) is 85.8 Å². The number of carbonyl (C=O) groups excluding carboxylic acids is 1. The van der Waals surface area contributed by atoms with E-state index >= 15 is 0 Å². The summed E-state index contributed by atoms with van der Waals surface area (Å²) >= 11 is 1.28. The zero-order chi connectivity index (χ0) is 14.4. The van der Waals surface area contributed by atoms with Gasteiger partial charge in [-0.2, -0.15) is 0 Å². The van der Waals surface area contributed by atoms with Crippen molar-refractivity contribution in [3.05, 3.63) is 43.0 Å². The van der Waals surface area contributed by atoms with Gasteiger partial charge in [0.05, 0.1) is 5.75 Å². The monoisotopic (exact) mass is 289 g/mol. The summed E-state index contributed by atoms with van der Waals surface area (Å²) in [6.45, 7) is 4.16. The molecule has 1 amide bonds. The van der Waals surface area contributed by atoms with Gasteiger partial charge in [0, 0.05) is 12.2 Å². The Bertz CT molecular complexity index is 596. The molecule has 0 bridgehead atoms. The quantitative estimate of drug-likeness (QED) is 0.625. The third-order valence-corrected chi connectivity index (χ3v) is 3.41. The van der Waals surface area contributed by atoms with Crippen LogP contribution in [0, 0.1) is 0 Å². The zero-order valence-corrected chi connectivity index (χ0v) is 11.6. The van der Waals surface area contributed by atoms with Crippen LogP contribution >= 0.6 is 11.8 Å². The van der Waals surface area contributed by atoms with Crippen LogP contribution in [0.25, 0.3) is 0 Å². The van der Waals surface area contributed by atoms with E-state index in [-0.39, 0.29) is 11.7 Å². The second-order valence-electron chi connectivity index (χ2n) is 3.94. The Morgan fingerprint density at radius 1 is 1.40 bits per heavy atom. The molecule has 0 atom stereocenters. The maximum absolute atomic E-state index is 11.8. The molecule has 0 radical (unpaired) electrons. The summed E-state index contributed by atoms with van der Waals surface area (Å²) in [5.74, 6) is 0.452. The van der Waals surface area contributed by atoms with Gasteiger partial charge in [-0.3, -0.25) is 9.36 Å². The van der Waals surface area contributed by atoms with Gasteiger partial charge in [-0.1, -0.05) is 36.0 Å². The number of benzene rings is 1. The fraction of sp³-hybridized carbons (Fsp3) is 0.154. The van der Waals surface area contributed by atoms with Crippen LogP contribution < -0.4 is 11.1 Å². The average Bonchev–Trinajstić information content (AvgIpc) is 2.79. The van der Waals surface area contributed by atoms with Gasteiger partial charge in [0.15, 0.2) is 5.16 Å². The van der Waals surface area contributed by atoms with Crippen molar-refractivity contribution in [1.82, 2.24) is 14.8 Å². The Balaban J connectivity index is 1.92. The number of para-hydroxylation sites is 1. The van der Waals surface area contributed by atoms with Crippen molar-refractivity contribution in [3.63, 3.8) is 0 Å². The Morgan fingerprint density at radius 2 is 2.15 bits per heavy atom. The molecule has 7 heteroatoms. The Morgan fingerprint density at radius 3 is 2.85 bits per heavy atom. The number of hydrogen-bond acceptors (Lipinski definition) is 5. The Labute approximate surface area is 121 Å². The lowest BCUT2D eigenvalue weighted by Gasteiger charge is -2.06. The SMILES string of the molecule is C=CCn1c(N)nnc1SCC(=O)Nc1ccccc1. The molecule has 0 aliphatic carbocycles. The van der Waals surface area contributed by atoms with Crippen LogP contribution in [0.5, 0.6) is 0 Å². The molecule has 0 saturated carbocycles. The molecule has 0 fully saturated rings. The average molecular weight is 289 g/mol. The minimum absolute atomic E-state index is 0.104. The van der Waals surface area contributed by atoms with Crippen molar-refractivity contribution < 1.29 is 4.79 Å². The van der Waals surface area contributed by atoms with Crippen molar-refractivity contribution >= 4 is 29.3 Å². The summed E-state index contributed by atoms with van der Waals surface area (Å²) in [6, 6.07) is 9.29. The minimum atomic E-state index is -0.104. The molecule has 0 spiro atoms. The number of nitrogens with zero attached hydrogens (tertiary/aromatic N) is 3. The van der Waals surface area contributed by atoms with Crippen molar-refractivity contribution in [3.8, 4) is 0 Å². The largest absolute Gasteiger partial charge is 0.368 e. The number of amides is 1. The Kier molecular flexibility index (Phi) is 4.78. The lowest BCUT2D eigenvalue weighted by Crippen LogP contribution is -2.14. The van der Waals surface area contributed by atoms with Crippen LogP contribution in [0.2, 0.25) is 0 Å². The van der Waals surface area contributed by atoms with E-state index in [2.05, 4.69) is 22.1 Å². The van der Waals surface area contributed by atoms with E-state index in [0.29, 0.717) is 17.6 Å². The number of aromatic nitrogens is 3. The van der Waals surface area contributed by atoms with E-state index in [1.807, 2.05) is 30.3 Å². The van der Waals surface area contributed by atoms with Crippen LogP contribution in [-0.4, -0.2) is 26.4 Å². The first-order valence-corrected chi connectivity index (χ1v) is 6.96. The smallest absolute Gasteiger partial charge is 0.234 e. The normalized spacial score (nSPS) is 10.2. The van der Waals surface area contributed by atoms with E-state index in [1.165, 1.54) is 11.8 Å². The second-order valence-corrected chi connectivity index (χ2v) is 4.89. The maximum Gasteiger partial charge on any atom is 0.234 e. The molecule has 0 saturated heterocycles. The molecule has 20 heavy (non-hydrogen) atoms. The molecular formula is C13H15N5OS. The van der Waals surface area contributed by atoms with E-state index in [9.17, 15) is 4.79 Å². The first-order chi connectivity index (χ1) is 9.70. The fourth-order valence-corrected chi connectivity index (χ4v) is 2.31. The summed E-state index contributed by atoms with van der Waals surface area (Å²) in [6.07, 6.45) is 1.70. The highest BCUT2D eigenvalue weighted by atomic mass is 32.2. The van der Waals surface area contributed by atoms with E-state index in [4.69, 9.17) is 5.73 Å². The van der Waals surface area contributed by atoms with E-state index in [1.54, 1.807) is 10.6 Å². The highest BCUT2D eigenvalue weighted by molar-refractivity contribution is 7.99. The number of thioether (sulfide) groups is 1. The third-order valence-electron chi connectivity index (χ3n) is 2.45. The number of nitrogens with one attached hydrogen (secondary N) is 1.